The molecule has 1 aliphatic heterocycles. The fraction of sp³-hybridized carbons (Fsp3) is 0.769. The van der Waals surface area contributed by atoms with E-state index in [0.717, 1.165) is 12.3 Å². The molecule has 0 saturated carbocycles. The second kappa shape index (κ2) is 3.99. The van der Waals surface area contributed by atoms with Crippen LogP contribution < -0.4 is 0 Å². The van der Waals surface area contributed by atoms with Crippen molar-refractivity contribution in [3.05, 3.63) is 17.2 Å². The molecule has 15 heavy (non-hydrogen) atoms. The van der Waals surface area contributed by atoms with E-state index in [-0.39, 0.29) is 0 Å². The number of fused-ring (bicyclic) bond motifs is 1. The summed E-state index contributed by atoms with van der Waals surface area (Å²) in [6, 6.07) is 0. The van der Waals surface area contributed by atoms with Crippen LogP contribution in [0.1, 0.15) is 57.2 Å². The lowest BCUT2D eigenvalue weighted by Crippen LogP contribution is -2.18. The van der Waals surface area contributed by atoms with Crippen LogP contribution in [0.2, 0.25) is 0 Å². The van der Waals surface area contributed by atoms with Crippen LogP contribution in [0.15, 0.2) is 0 Å². The number of nitrogens with zero attached hydrogens (tertiary/aromatic N) is 2. The van der Waals surface area contributed by atoms with E-state index in [1.165, 1.54) is 36.6 Å². The van der Waals surface area contributed by atoms with E-state index in [1.54, 1.807) is 0 Å². The molecule has 1 aromatic heterocycles. The van der Waals surface area contributed by atoms with Crippen LogP contribution in [0.25, 0.3) is 0 Å². The first-order valence-electron chi connectivity index (χ1n) is 6.21. The smallest absolute Gasteiger partial charge is 0.109 e. The van der Waals surface area contributed by atoms with Crippen molar-refractivity contribution in [1.82, 2.24) is 9.55 Å². The lowest BCUT2D eigenvalue weighted by atomic mass is 10.0. The van der Waals surface area contributed by atoms with Gasteiger partial charge in [-0.15, -0.1) is 0 Å². The van der Waals surface area contributed by atoms with E-state index in [2.05, 4.69) is 32.3 Å². The Balaban J connectivity index is 2.43. The van der Waals surface area contributed by atoms with Gasteiger partial charge in [0.2, 0.25) is 0 Å². The van der Waals surface area contributed by atoms with Gasteiger partial charge in [-0.05, 0) is 24.7 Å². The largest absolute Gasteiger partial charge is 0.332 e. The van der Waals surface area contributed by atoms with Gasteiger partial charge in [-0.25, -0.2) is 4.98 Å². The van der Waals surface area contributed by atoms with Crippen LogP contribution in [0, 0.1) is 5.92 Å². The van der Waals surface area contributed by atoms with E-state index in [4.69, 9.17) is 4.98 Å². The van der Waals surface area contributed by atoms with E-state index < -0.39 is 0 Å². The molecule has 0 aliphatic carbocycles. The monoisotopic (exact) mass is 206 g/mol. The maximum Gasteiger partial charge on any atom is 0.109 e. The van der Waals surface area contributed by atoms with Gasteiger partial charge in [-0.1, -0.05) is 27.7 Å². The Kier molecular flexibility index (Phi) is 2.85. The number of hydrogen-bond acceptors (Lipinski definition) is 1. The minimum atomic E-state index is 0.563. The van der Waals surface area contributed by atoms with Crippen molar-refractivity contribution >= 4 is 0 Å². The molecule has 2 heterocycles. The van der Waals surface area contributed by atoms with E-state index in [1.807, 2.05) is 0 Å². The second-order valence-corrected chi connectivity index (χ2v) is 5.12. The van der Waals surface area contributed by atoms with Crippen LogP contribution in [0.4, 0.5) is 0 Å². The number of aromatic nitrogens is 2. The fourth-order valence-corrected chi connectivity index (χ4v) is 2.58. The summed E-state index contributed by atoms with van der Waals surface area (Å²) in [6.07, 6.45) is 3.60. The highest BCUT2D eigenvalue weighted by Gasteiger charge is 2.22. The molecule has 0 bridgehead atoms. The average Bonchev–Trinajstić information content (AvgIpc) is 2.55. The summed E-state index contributed by atoms with van der Waals surface area (Å²) in [4.78, 5) is 4.83. The second-order valence-electron chi connectivity index (χ2n) is 5.12. The minimum Gasteiger partial charge on any atom is -0.332 e. The molecule has 2 nitrogen and oxygen atoms in total. The summed E-state index contributed by atoms with van der Waals surface area (Å²) in [7, 11) is 0. The standard InChI is InChI=1S/C13H22N2/c1-5-11-13(9(2)3)14-12-8-10(4)6-7-15(11)12/h9-10H,5-8H2,1-4H3. The van der Waals surface area contributed by atoms with E-state index in [9.17, 15) is 0 Å². The maximum absolute atomic E-state index is 4.83. The van der Waals surface area contributed by atoms with Crippen LogP contribution in [0.5, 0.6) is 0 Å². The zero-order chi connectivity index (χ0) is 11.0. The molecule has 1 aliphatic rings. The van der Waals surface area contributed by atoms with Crippen molar-refractivity contribution in [3.8, 4) is 0 Å². The van der Waals surface area contributed by atoms with Crippen LogP contribution in [0.3, 0.4) is 0 Å². The zero-order valence-electron chi connectivity index (χ0n) is 10.4. The number of hydrogen-bond donors (Lipinski definition) is 0. The van der Waals surface area contributed by atoms with Gasteiger partial charge < -0.3 is 4.57 Å². The Morgan fingerprint density at radius 1 is 1.47 bits per heavy atom. The Bertz CT molecular complexity index is 350. The zero-order valence-corrected chi connectivity index (χ0v) is 10.4. The van der Waals surface area contributed by atoms with Crippen molar-refractivity contribution in [2.24, 2.45) is 5.92 Å². The molecule has 0 fully saturated rings. The number of rotatable bonds is 2. The summed E-state index contributed by atoms with van der Waals surface area (Å²) < 4.78 is 2.47. The minimum absolute atomic E-state index is 0.563. The third-order valence-corrected chi connectivity index (χ3v) is 3.44. The van der Waals surface area contributed by atoms with Gasteiger partial charge in [0.05, 0.1) is 5.69 Å². The molecule has 0 amide bonds. The Morgan fingerprint density at radius 3 is 2.80 bits per heavy atom. The summed E-state index contributed by atoms with van der Waals surface area (Å²) in [6.45, 7) is 10.3. The van der Waals surface area contributed by atoms with Gasteiger partial charge >= 0.3 is 0 Å². The Morgan fingerprint density at radius 2 is 2.20 bits per heavy atom. The quantitative estimate of drug-likeness (QED) is 0.727. The van der Waals surface area contributed by atoms with Gasteiger partial charge in [0.1, 0.15) is 5.82 Å². The van der Waals surface area contributed by atoms with Crippen molar-refractivity contribution in [2.45, 2.75) is 59.4 Å². The summed E-state index contributed by atoms with van der Waals surface area (Å²) >= 11 is 0. The van der Waals surface area contributed by atoms with E-state index in [0.29, 0.717) is 5.92 Å². The molecule has 2 heteroatoms. The molecule has 0 N–H and O–H groups in total. The molecule has 1 aromatic rings. The lowest BCUT2D eigenvalue weighted by molar-refractivity contribution is 0.403. The molecule has 1 unspecified atom stereocenters. The predicted octanol–water partition coefficient (Wildman–Crippen LogP) is 3.15. The van der Waals surface area contributed by atoms with E-state index >= 15 is 0 Å². The normalized spacial score (nSPS) is 20.7. The summed E-state index contributed by atoms with van der Waals surface area (Å²) in [5, 5.41) is 0. The first-order valence-corrected chi connectivity index (χ1v) is 6.21. The Labute approximate surface area is 92.7 Å². The predicted molar refractivity (Wildman–Crippen MR) is 63.2 cm³/mol. The fourth-order valence-electron chi connectivity index (χ4n) is 2.58. The number of imidazole rings is 1. The van der Waals surface area contributed by atoms with Crippen molar-refractivity contribution in [2.75, 3.05) is 0 Å². The van der Waals surface area contributed by atoms with Crippen LogP contribution >= 0.6 is 0 Å². The van der Waals surface area contributed by atoms with Gasteiger partial charge in [-0.2, -0.15) is 0 Å². The van der Waals surface area contributed by atoms with Gasteiger partial charge in [0, 0.05) is 18.7 Å². The molecule has 0 spiro atoms. The van der Waals surface area contributed by atoms with Crippen LogP contribution in [-0.2, 0) is 19.4 Å². The van der Waals surface area contributed by atoms with Gasteiger partial charge in [0.15, 0.2) is 0 Å². The first kappa shape index (κ1) is 10.7. The molecule has 0 radical (unpaired) electrons. The third-order valence-electron chi connectivity index (χ3n) is 3.44. The maximum atomic E-state index is 4.83. The van der Waals surface area contributed by atoms with Crippen LogP contribution in [-0.4, -0.2) is 9.55 Å². The molecule has 0 aromatic carbocycles. The summed E-state index contributed by atoms with van der Waals surface area (Å²) in [5.41, 5.74) is 2.81. The lowest BCUT2D eigenvalue weighted by Gasteiger charge is -2.21. The summed E-state index contributed by atoms with van der Waals surface area (Å²) in [5.74, 6) is 2.70. The van der Waals surface area contributed by atoms with Crippen molar-refractivity contribution < 1.29 is 0 Å². The molecule has 1 atom stereocenters. The molecule has 0 saturated heterocycles. The van der Waals surface area contributed by atoms with Crippen molar-refractivity contribution in [3.63, 3.8) is 0 Å². The highest BCUT2D eigenvalue weighted by atomic mass is 15.1. The third kappa shape index (κ3) is 1.82. The highest BCUT2D eigenvalue weighted by molar-refractivity contribution is 5.21. The van der Waals surface area contributed by atoms with Gasteiger partial charge in [0.25, 0.3) is 0 Å². The average molecular weight is 206 g/mol. The van der Waals surface area contributed by atoms with Crippen molar-refractivity contribution in [1.29, 1.82) is 0 Å². The molecule has 2 rings (SSSR count). The van der Waals surface area contributed by atoms with Gasteiger partial charge in [-0.3, -0.25) is 0 Å². The molecule has 84 valence electrons. The SMILES string of the molecule is CCc1c(C(C)C)nc2n1CCC(C)C2. The topological polar surface area (TPSA) is 17.8 Å². The Hall–Kier alpha value is -0.790. The first-order chi connectivity index (χ1) is 7.13. The molecular formula is C13H22N2. The highest BCUT2D eigenvalue weighted by Crippen LogP contribution is 2.27. The molecular weight excluding hydrogens is 184 g/mol.